The number of primary amides is 1. The fraction of sp³-hybridized carbons (Fsp3) is 0.0833. The van der Waals surface area contributed by atoms with Gasteiger partial charge in [-0.2, -0.15) is 0 Å². The summed E-state index contributed by atoms with van der Waals surface area (Å²) in [5.41, 5.74) is 11.4. The lowest BCUT2D eigenvalue weighted by Crippen LogP contribution is -2.12. The van der Waals surface area contributed by atoms with E-state index in [-0.39, 0.29) is 17.9 Å². The lowest BCUT2D eigenvalue weighted by molar-refractivity contribution is 0.0998. The smallest absolute Gasteiger partial charge is 0.252 e. The number of carbonyl (C=O) groups excluding carboxylic acids is 1. The lowest BCUT2D eigenvalue weighted by Gasteiger charge is -2.10. The molecule has 16 heavy (non-hydrogen) atoms. The molecule has 4 heteroatoms. The van der Waals surface area contributed by atoms with Crippen LogP contribution in [0.1, 0.15) is 15.9 Å². The van der Waals surface area contributed by atoms with Gasteiger partial charge in [-0.1, -0.05) is 24.3 Å². The van der Waals surface area contributed by atoms with Crippen LogP contribution in [-0.4, -0.2) is 11.0 Å². The van der Waals surface area contributed by atoms with Crippen molar-refractivity contribution in [1.29, 1.82) is 0 Å². The van der Waals surface area contributed by atoms with Crippen LogP contribution >= 0.6 is 0 Å². The number of phenols is 1. The monoisotopic (exact) mass is 216 g/mol. The summed E-state index contributed by atoms with van der Waals surface area (Å²) in [5.74, 6) is -0.772. The molecule has 0 saturated heterocycles. The Hall–Kier alpha value is -2.07. The molecule has 0 aliphatic carbocycles. The van der Waals surface area contributed by atoms with Gasteiger partial charge in [0.15, 0.2) is 0 Å². The number of carbonyl (C=O) groups is 1. The minimum absolute atomic E-state index is 0.110. The van der Waals surface area contributed by atoms with Crippen LogP contribution in [0, 0.1) is 0 Å². The third-order valence-corrected chi connectivity index (χ3v) is 2.60. The van der Waals surface area contributed by atoms with Gasteiger partial charge in [0.2, 0.25) is 0 Å². The Labute approximate surface area is 92.5 Å². The first kappa shape index (κ1) is 10.4. The van der Waals surface area contributed by atoms with Gasteiger partial charge in [-0.15, -0.1) is 0 Å². The number of fused-ring (bicyclic) bond motifs is 1. The van der Waals surface area contributed by atoms with Gasteiger partial charge in [-0.3, -0.25) is 4.79 Å². The number of amides is 1. The van der Waals surface area contributed by atoms with Gasteiger partial charge in [-0.05, 0) is 16.8 Å². The van der Waals surface area contributed by atoms with Gasteiger partial charge in [0.1, 0.15) is 5.75 Å². The zero-order valence-corrected chi connectivity index (χ0v) is 8.60. The summed E-state index contributed by atoms with van der Waals surface area (Å²) in [6.45, 7) is 0.160. The second-order valence-corrected chi connectivity index (χ2v) is 3.54. The van der Waals surface area contributed by atoms with Crippen molar-refractivity contribution in [3.8, 4) is 5.75 Å². The number of hydrogen-bond acceptors (Lipinski definition) is 3. The molecular formula is C12H12N2O2. The molecule has 1 amide bonds. The summed E-state index contributed by atoms with van der Waals surface area (Å²) < 4.78 is 0. The van der Waals surface area contributed by atoms with Crippen LogP contribution in [0.5, 0.6) is 5.75 Å². The van der Waals surface area contributed by atoms with E-state index in [0.717, 1.165) is 10.8 Å². The van der Waals surface area contributed by atoms with Crippen LogP contribution in [0.15, 0.2) is 30.3 Å². The van der Waals surface area contributed by atoms with Crippen LogP contribution in [0.3, 0.4) is 0 Å². The Morgan fingerprint density at radius 1 is 1.31 bits per heavy atom. The fourth-order valence-electron chi connectivity index (χ4n) is 1.81. The fourth-order valence-corrected chi connectivity index (χ4v) is 1.81. The average molecular weight is 216 g/mol. The predicted molar refractivity (Wildman–Crippen MR) is 62.0 cm³/mol. The van der Waals surface area contributed by atoms with Gasteiger partial charge in [0.05, 0.1) is 5.56 Å². The Morgan fingerprint density at radius 2 is 2.00 bits per heavy atom. The Morgan fingerprint density at radius 3 is 2.62 bits per heavy atom. The maximum Gasteiger partial charge on any atom is 0.252 e. The molecule has 82 valence electrons. The minimum atomic E-state index is -0.655. The number of rotatable bonds is 2. The van der Waals surface area contributed by atoms with E-state index in [4.69, 9.17) is 11.5 Å². The third kappa shape index (κ3) is 1.49. The van der Waals surface area contributed by atoms with E-state index >= 15 is 0 Å². The van der Waals surface area contributed by atoms with E-state index in [1.807, 2.05) is 24.3 Å². The first-order valence-corrected chi connectivity index (χ1v) is 4.88. The SMILES string of the molecule is NCc1c(O)c(C(N)=O)cc2ccccc12. The van der Waals surface area contributed by atoms with Gasteiger partial charge in [0.25, 0.3) is 5.91 Å². The molecule has 0 spiro atoms. The molecule has 0 aliphatic heterocycles. The largest absolute Gasteiger partial charge is 0.507 e. The highest BCUT2D eigenvalue weighted by Crippen LogP contribution is 2.30. The number of benzene rings is 2. The third-order valence-electron chi connectivity index (χ3n) is 2.60. The Balaban J connectivity index is 2.88. The highest BCUT2D eigenvalue weighted by atomic mass is 16.3. The number of hydrogen-bond donors (Lipinski definition) is 3. The van der Waals surface area contributed by atoms with Gasteiger partial charge in [0, 0.05) is 12.1 Å². The molecule has 0 radical (unpaired) electrons. The minimum Gasteiger partial charge on any atom is -0.507 e. The van der Waals surface area contributed by atoms with Crippen molar-refractivity contribution in [3.05, 3.63) is 41.5 Å². The number of nitrogens with two attached hydrogens (primary N) is 2. The van der Waals surface area contributed by atoms with E-state index in [1.165, 1.54) is 0 Å². The molecule has 0 aliphatic rings. The van der Waals surface area contributed by atoms with Gasteiger partial charge >= 0.3 is 0 Å². The summed E-state index contributed by atoms with van der Waals surface area (Å²) in [6.07, 6.45) is 0. The Kier molecular flexibility index (Phi) is 2.50. The maximum atomic E-state index is 11.2. The molecule has 0 saturated carbocycles. The first-order chi connectivity index (χ1) is 7.65. The highest BCUT2D eigenvalue weighted by molar-refractivity contribution is 6.02. The molecule has 4 nitrogen and oxygen atoms in total. The summed E-state index contributed by atoms with van der Waals surface area (Å²) in [5, 5.41) is 11.6. The second kappa shape index (κ2) is 3.83. The first-order valence-electron chi connectivity index (χ1n) is 4.88. The maximum absolute atomic E-state index is 11.2. The van der Waals surface area contributed by atoms with Crippen molar-refractivity contribution < 1.29 is 9.90 Å². The van der Waals surface area contributed by atoms with Crippen LogP contribution in [-0.2, 0) is 6.54 Å². The van der Waals surface area contributed by atoms with E-state index in [9.17, 15) is 9.90 Å². The molecule has 5 N–H and O–H groups in total. The quantitative estimate of drug-likeness (QED) is 0.702. The topological polar surface area (TPSA) is 89.3 Å². The average Bonchev–Trinajstić information content (AvgIpc) is 2.28. The van der Waals surface area contributed by atoms with E-state index < -0.39 is 5.91 Å². The lowest BCUT2D eigenvalue weighted by atomic mass is 9.99. The summed E-state index contributed by atoms with van der Waals surface area (Å²) in [6, 6.07) is 8.98. The summed E-state index contributed by atoms with van der Waals surface area (Å²) in [4.78, 5) is 11.2. The highest BCUT2D eigenvalue weighted by Gasteiger charge is 2.14. The molecule has 0 atom stereocenters. The molecular weight excluding hydrogens is 204 g/mol. The van der Waals surface area contributed by atoms with Gasteiger partial charge < -0.3 is 16.6 Å². The zero-order valence-electron chi connectivity index (χ0n) is 8.60. The van der Waals surface area contributed by atoms with E-state index in [2.05, 4.69) is 0 Å². The molecule has 0 heterocycles. The Bertz CT molecular complexity index is 564. The zero-order chi connectivity index (χ0) is 11.7. The van der Waals surface area contributed by atoms with Crippen molar-refractivity contribution in [1.82, 2.24) is 0 Å². The number of aromatic hydroxyl groups is 1. The molecule has 0 fully saturated rings. The second-order valence-electron chi connectivity index (χ2n) is 3.54. The summed E-state index contributed by atoms with van der Waals surface area (Å²) >= 11 is 0. The molecule has 2 rings (SSSR count). The van der Waals surface area contributed by atoms with Crippen LogP contribution < -0.4 is 11.5 Å². The molecule has 0 unspecified atom stereocenters. The van der Waals surface area contributed by atoms with Gasteiger partial charge in [-0.25, -0.2) is 0 Å². The van der Waals surface area contributed by atoms with Crippen molar-refractivity contribution in [2.45, 2.75) is 6.54 Å². The van der Waals surface area contributed by atoms with Crippen molar-refractivity contribution in [2.75, 3.05) is 0 Å². The molecule has 2 aromatic carbocycles. The van der Waals surface area contributed by atoms with E-state index in [0.29, 0.717) is 5.56 Å². The molecule has 2 aromatic rings. The molecule has 0 bridgehead atoms. The van der Waals surface area contributed by atoms with Crippen LogP contribution in [0.4, 0.5) is 0 Å². The standard InChI is InChI=1S/C12H12N2O2/c13-6-10-8-4-2-1-3-7(8)5-9(11(10)15)12(14)16/h1-5,15H,6,13H2,(H2,14,16). The van der Waals surface area contributed by atoms with Crippen molar-refractivity contribution in [3.63, 3.8) is 0 Å². The van der Waals surface area contributed by atoms with Crippen molar-refractivity contribution in [2.24, 2.45) is 11.5 Å². The van der Waals surface area contributed by atoms with Crippen LogP contribution in [0.25, 0.3) is 10.8 Å². The van der Waals surface area contributed by atoms with Crippen molar-refractivity contribution >= 4 is 16.7 Å². The normalized spacial score (nSPS) is 10.6. The van der Waals surface area contributed by atoms with Crippen LogP contribution in [0.2, 0.25) is 0 Å². The predicted octanol–water partition coefficient (Wildman–Crippen LogP) is 1.10. The van der Waals surface area contributed by atoms with E-state index in [1.54, 1.807) is 6.07 Å². The molecule has 0 aromatic heterocycles. The summed E-state index contributed by atoms with van der Waals surface area (Å²) in [7, 11) is 0.